The Bertz CT molecular complexity index is 952. The maximum absolute atomic E-state index is 13.4. The van der Waals surface area contributed by atoms with E-state index in [9.17, 15) is 9.59 Å². The van der Waals surface area contributed by atoms with E-state index < -0.39 is 0 Å². The number of carbonyl (C=O) groups excluding carboxylic acids is 2. The maximum atomic E-state index is 13.4. The monoisotopic (exact) mass is 564 g/mol. The number of rotatable bonds is 9. The van der Waals surface area contributed by atoms with E-state index in [0.717, 1.165) is 83.2 Å². The van der Waals surface area contributed by atoms with Crippen molar-refractivity contribution in [1.82, 2.24) is 19.6 Å². The van der Waals surface area contributed by atoms with Crippen molar-refractivity contribution in [3.8, 4) is 0 Å². The van der Waals surface area contributed by atoms with E-state index in [2.05, 4.69) is 15.9 Å². The van der Waals surface area contributed by atoms with Crippen LogP contribution in [0.1, 0.15) is 75.7 Å². The van der Waals surface area contributed by atoms with Crippen LogP contribution in [0.4, 0.5) is 0 Å². The third-order valence-corrected chi connectivity index (χ3v) is 9.97. The Hall–Kier alpha value is -1.34. The molecule has 0 N–H and O–H groups in total. The standard InChI is InChI=1S/C30H46Cl2N4O2/c1-33(2)29(38)30(36-16-7-4-8-17-36)14-19-35(20-15-30)18-13-25(24-11-12-26(31)27(32)21-24)22-34(3)28(37)23-9-5-6-10-23/h11-12,21,23,25H,4-10,13-20,22H2,1-3H3. The van der Waals surface area contributed by atoms with Gasteiger partial charge in [0.1, 0.15) is 5.54 Å². The van der Waals surface area contributed by atoms with Gasteiger partial charge in [-0.05, 0) is 82.3 Å². The summed E-state index contributed by atoms with van der Waals surface area (Å²) >= 11 is 12.6. The van der Waals surface area contributed by atoms with E-state index >= 15 is 0 Å². The van der Waals surface area contributed by atoms with Crippen molar-refractivity contribution in [2.75, 3.05) is 60.4 Å². The number of carbonyl (C=O) groups is 2. The molecular formula is C30H46Cl2N4O2. The van der Waals surface area contributed by atoms with Crippen LogP contribution in [-0.2, 0) is 9.59 Å². The van der Waals surface area contributed by atoms with Crippen molar-refractivity contribution in [2.45, 2.75) is 75.7 Å². The molecule has 1 unspecified atom stereocenters. The Morgan fingerprint density at radius 3 is 2.21 bits per heavy atom. The van der Waals surface area contributed by atoms with Gasteiger partial charge in [-0.25, -0.2) is 0 Å². The molecule has 6 nitrogen and oxygen atoms in total. The summed E-state index contributed by atoms with van der Waals surface area (Å²) in [5, 5.41) is 1.12. The zero-order valence-electron chi connectivity index (χ0n) is 23.6. The quantitative estimate of drug-likeness (QED) is 0.396. The molecule has 4 rings (SSSR count). The number of likely N-dealkylation sites (tertiary alicyclic amines) is 2. The minimum atomic E-state index is -0.364. The molecule has 1 aliphatic carbocycles. The molecule has 0 aromatic heterocycles. The average Bonchev–Trinajstić information content (AvgIpc) is 3.47. The molecule has 1 aromatic carbocycles. The van der Waals surface area contributed by atoms with E-state index in [4.69, 9.17) is 23.2 Å². The Kier molecular flexibility index (Phi) is 10.4. The first-order valence-corrected chi connectivity index (χ1v) is 15.4. The normalized spacial score (nSPS) is 21.8. The number of likely N-dealkylation sites (N-methyl/N-ethyl adjacent to an activating group) is 2. The minimum Gasteiger partial charge on any atom is -0.347 e. The predicted molar refractivity (Wildman–Crippen MR) is 156 cm³/mol. The molecule has 1 saturated carbocycles. The second kappa shape index (κ2) is 13.3. The van der Waals surface area contributed by atoms with Gasteiger partial charge >= 0.3 is 0 Å². The SMILES string of the molecule is CN(C)C(=O)C1(N2CCCCC2)CCN(CCC(CN(C)C(=O)C2CCCC2)c2ccc(Cl)c(Cl)c2)CC1. The van der Waals surface area contributed by atoms with Crippen molar-refractivity contribution in [3.63, 3.8) is 0 Å². The van der Waals surface area contributed by atoms with Crippen molar-refractivity contribution in [1.29, 1.82) is 0 Å². The topological polar surface area (TPSA) is 47.1 Å². The second-order valence-electron chi connectivity index (χ2n) is 12.0. The van der Waals surface area contributed by atoms with Gasteiger partial charge in [-0.3, -0.25) is 14.5 Å². The molecule has 2 heterocycles. The first-order chi connectivity index (χ1) is 18.2. The molecule has 8 heteroatoms. The lowest BCUT2D eigenvalue weighted by Crippen LogP contribution is -2.64. The van der Waals surface area contributed by atoms with Crippen molar-refractivity contribution < 1.29 is 9.59 Å². The van der Waals surface area contributed by atoms with Crippen LogP contribution in [0, 0.1) is 5.92 Å². The average molecular weight is 566 g/mol. The maximum Gasteiger partial charge on any atom is 0.242 e. The molecule has 1 atom stereocenters. The van der Waals surface area contributed by atoms with Crippen LogP contribution in [0.3, 0.4) is 0 Å². The highest BCUT2D eigenvalue weighted by Gasteiger charge is 2.47. The minimum absolute atomic E-state index is 0.175. The van der Waals surface area contributed by atoms with Gasteiger partial charge in [0.15, 0.2) is 0 Å². The molecular weight excluding hydrogens is 519 g/mol. The third-order valence-electron chi connectivity index (χ3n) is 9.23. The summed E-state index contributed by atoms with van der Waals surface area (Å²) in [6.07, 6.45) is 10.7. The summed E-state index contributed by atoms with van der Waals surface area (Å²) in [5.41, 5.74) is 0.769. The van der Waals surface area contributed by atoms with Crippen LogP contribution >= 0.6 is 23.2 Å². The molecule has 212 valence electrons. The van der Waals surface area contributed by atoms with Gasteiger partial charge in [0, 0.05) is 52.6 Å². The molecule has 3 fully saturated rings. The number of benzene rings is 1. The van der Waals surface area contributed by atoms with Gasteiger partial charge in [0.05, 0.1) is 10.0 Å². The Morgan fingerprint density at radius 1 is 0.947 bits per heavy atom. The van der Waals surface area contributed by atoms with Crippen LogP contribution < -0.4 is 0 Å². The fraction of sp³-hybridized carbons (Fsp3) is 0.733. The molecule has 2 amide bonds. The van der Waals surface area contributed by atoms with Gasteiger partial charge in [-0.15, -0.1) is 0 Å². The smallest absolute Gasteiger partial charge is 0.242 e. The highest BCUT2D eigenvalue weighted by molar-refractivity contribution is 6.42. The van der Waals surface area contributed by atoms with Crippen molar-refractivity contribution in [3.05, 3.63) is 33.8 Å². The molecule has 2 aliphatic heterocycles. The molecule has 0 spiro atoms. The van der Waals surface area contributed by atoms with Crippen LogP contribution in [0.25, 0.3) is 0 Å². The second-order valence-corrected chi connectivity index (χ2v) is 12.8. The summed E-state index contributed by atoms with van der Waals surface area (Å²) in [5.74, 6) is 0.893. The van der Waals surface area contributed by atoms with Gasteiger partial charge in [-0.1, -0.05) is 48.5 Å². The Morgan fingerprint density at radius 2 is 1.61 bits per heavy atom. The summed E-state index contributed by atoms with van der Waals surface area (Å²) in [7, 11) is 5.74. The van der Waals surface area contributed by atoms with Gasteiger partial charge < -0.3 is 14.7 Å². The lowest BCUT2D eigenvalue weighted by molar-refractivity contribution is -0.147. The van der Waals surface area contributed by atoms with Gasteiger partial charge in [-0.2, -0.15) is 0 Å². The van der Waals surface area contributed by atoms with E-state index in [1.807, 2.05) is 38.2 Å². The Labute approximate surface area is 239 Å². The van der Waals surface area contributed by atoms with Crippen LogP contribution in [0.2, 0.25) is 10.0 Å². The molecule has 0 bridgehead atoms. The number of nitrogens with zero attached hydrogens (tertiary/aromatic N) is 4. The number of halogens is 2. The highest BCUT2D eigenvalue weighted by Crippen LogP contribution is 2.35. The highest BCUT2D eigenvalue weighted by atomic mass is 35.5. The summed E-state index contributed by atoms with van der Waals surface area (Å²) < 4.78 is 0. The van der Waals surface area contributed by atoms with Crippen molar-refractivity contribution >= 4 is 35.0 Å². The predicted octanol–water partition coefficient (Wildman–Crippen LogP) is 5.52. The van der Waals surface area contributed by atoms with Crippen LogP contribution in [0.5, 0.6) is 0 Å². The van der Waals surface area contributed by atoms with Crippen LogP contribution in [0.15, 0.2) is 18.2 Å². The Balaban J connectivity index is 1.42. The number of amides is 2. The zero-order chi connectivity index (χ0) is 27.3. The number of hydrogen-bond acceptors (Lipinski definition) is 4. The summed E-state index contributed by atoms with van der Waals surface area (Å²) in [6, 6.07) is 5.89. The summed E-state index contributed by atoms with van der Waals surface area (Å²) in [6.45, 7) is 5.50. The zero-order valence-corrected chi connectivity index (χ0v) is 25.1. The van der Waals surface area contributed by atoms with Crippen LogP contribution in [-0.4, -0.2) is 97.4 Å². The van der Waals surface area contributed by atoms with Crippen molar-refractivity contribution in [2.24, 2.45) is 5.92 Å². The largest absolute Gasteiger partial charge is 0.347 e. The number of piperidine rings is 2. The van der Waals surface area contributed by atoms with Gasteiger partial charge in [0.25, 0.3) is 0 Å². The van der Waals surface area contributed by atoms with E-state index in [0.29, 0.717) is 16.6 Å². The van der Waals surface area contributed by atoms with E-state index in [-0.39, 0.29) is 29.2 Å². The molecule has 0 radical (unpaired) electrons. The van der Waals surface area contributed by atoms with Gasteiger partial charge in [0.2, 0.25) is 11.8 Å². The first kappa shape index (κ1) is 29.6. The fourth-order valence-corrected chi connectivity index (χ4v) is 7.23. The number of hydrogen-bond donors (Lipinski definition) is 0. The molecule has 1 aromatic rings. The van der Waals surface area contributed by atoms with E-state index in [1.54, 1.807) is 4.90 Å². The fourth-order valence-electron chi connectivity index (χ4n) is 6.92. The molecule has 3 aliphatic rings. The van der Waals surface area contributed by atoms with E-state index in [1.165, 1.54) is 19.3 Å². The molecule has 38 heavy (non-hydrogen) atoms. The first-order valence-electron chi connectivity index (χ1n) is 14.6. The molecule has 2 saturated heterocycles. The summed E-state index contributed by atoms with van der Waals surface area (Å²) in [4.78, 5) is 35.3. The third kappa shape index (κ3) is 6.86. The lowest BCUT2D eigenvalue weighted by atomic mass is 9.82. The lowest BCUT2D eigenvalue weighted by Gasteiger charge is -2.50.